The summed E-state index contributed by atoms with van der Waals surface area (Å²) in [5.74, 6) is 0.433. The Kier molecular flexibility index (Phi) is 3.02. The van der Waals surface area contributed by atoms with E-state index in [1.165, 1.54) is 6.33 Å². The molecule has 124 valence electrons. The molecular weight excluding hydrogens is 314 g/mol. The first-order valence-corrected chi connectivity index (χ1v) is 8.40. The predicted octanol–water partition coefficient (Wildman–Crippen LogP) is 3.06. The molecule has 1 aromatic carbocycles. The average Bonchev–Trinajstić information content (AvgIpc) is 2.99. The number of fused-ring (bicyclic) bond motifs is 4. The van der Waals surface area contributed by atoms with E-state index in [0.29, 0.717) is 5.82 Å². The summed E-state index contributed by atoms with van der Waals surface area (Å²) >= 11 is 0. The molecule has 3 aromatic heterocycles. The van der Waals surface area contributed by atoms with Crippen LogP contribution in [0.1, 0.15) is 24.6 Å². The highest BCUT2D eigenvalue weighted by Gasteiger charge is 2.29. The fourth-order valence-corrected chi connectivity index (χ4v) is 3.86. The van der Waals surface area contributed by atoms with Gasteiger partial charge in [-0.25, -0.2) is 9.97 Å². The number of nitrogens with two attached hydrogens (primary N) is 1. The fraction of sp³-hybridized carbons (Fsp3) is 0.211. The number of benzene rings is 1. The zero-order valence-electron chi connectivity index (χ0n) is 13.6. The molecule has 4 aromatic rings. The van der Waals surface area contributed by atoms with Gasteiger partial charge < -0.3 is 15.4 Å². The van der Waals surface area contributed by atoms with Gasteiger partial charge in [0.05, 0.1) is 22.7 Å². The molecule has 1 unspecified atom stereocenters. The number of para-hydroxylation sites is 1. The standard InChI is InChI=1S/C19H17N5O/c20-18-16-15(12-8-11-4-1-2-5-13(11)21-9-12)17-14(25)6-3-7-24(17)19(16)23-10-22-18/h1-2,4-5,8-10,14,25H,3,6-7H2,(H2,20,22,23). The van der Waals surface area contributed by atoms with E-state index in [9.17, 15) is 5.11 Å². The molecule has 25 heavy (non-hydrogen) atoms. The van der Waals surface area contributed by atoms with Crippen molar-refractivity contribution in [1.29, 1.82) is 0 Å². The first kappa shape index (κ1) is 14.4. The Morgan fingerprint density at radius 2 is 2.04 bits per heavy atom. The molecule has 0 bridgehead atoms. The molecule has 1 atom stereocenters. The van der Waals surface area contributed by atoms with E-state index < -0.39 is 6.10 Å². The van der Waals surface area contributed by atoms with Crippen molar-refractivity contribution in [2.45, 2.75) is 25.5 Å². The number of hydrogen-bond donors (Lipinski definition) is 2. The summed E-state index contributed by atoms with van der Waals surface area (Å²) in [7, 11) is 0. The Bertz CT molecular complexity index is 1120. The van der Waals surface area contributed by atoms with Crippen molar-refractivity contribution in [2.75, 3.05) is 5.73 Å². The Labute approximate surface area is 144 Å². The van der Waals surface area contributed by atoms with E-state index in [0.717, 1.165) is 58.1 Å². The Morgan fingerprint density at radius 3 is 2.96 bits per heavy atom. The lowest BCUT2D eigenvalue weighted by Crippen LogP contribution is -2.15. The number of aliphatic hydroxyl groups excluding tert-OH is 1. The van der Waals surface area contributed by atoms with Gasteiger partial charge in [0, 0.05) is 29.3 Å². The number of aromatic nitrogens is 4. The zero-order chi connectivity index (χ0) is 17.0. The first-order valence-electron chi connectivity index (χ1n) is 8.40. The van der Waals surface area contributed by atoms with Gasteiger partial charge in [0.15, 0.2) is 0 Å². The normalized spacial score (nSPS) is 17.1. The lowest BCUT2D eigenvalue weighted by Gasteiger charge is -2.22. The summed E-state index contributed by atoms with van der Waals surface area (Å²) in [6.45, 7) is 0.820. The van der Waals surface area contributed by atoms with Crippen molar-refractivity contribution in [2.24, 2.45) is 0 Å². The molecule has 3 N–H and O–H groups in total. The monoisotopic (exact) mass is 331 g/mol. The van der Waals surface area contributed by atoms with E-state index in [-0.39, 0.29) is 0 Å². The van der Waals surface area contributed by atoms with E-state index in [1.54, 1.807) is 0 Å². The van der Waals surface area contributed by atoms with Crippen molar-refractivity contribution in [1.82, 2.24) is 19.5 Å². The highest BCUT2D eigenvalue weighted by Crippen LogP contribution is 2.42. The van der Waals surface area contributed by atoms with Gasteiger partial charge >= 0.3 is 0 Å². The van der Waals surface area contributed by atoms with Gasteiger partial charge in [0.1, 0.15) is 17.8 Å². The summed E-state index contributed by atoms with van der Waals surface area (Å²) in [6, 6.07) is 10.1. The van der Waals surface area contributed by atoms with Crippen LogP contribution in [0.15, 0.2) is 42.9 Å². The summed E-state index contributed by atoms with van der Waals surface area (Å²) in [5.41, 5.74) is 10.6. The second kappa shape index (κ2) is 5.26. The summed E-state index contributed by atoms with van der Waals surface area (Å²) < 4.78 is 2.08. The Balaban J connectivity index is 1.89. The van der Waals surface area contributed by atoms with Crippen LogP contribution in [0.2, 0.25) is 0 Å². The van der Waals surface area contributed by atoms with Crippen LogP contribution in [0, 0.1) is 0 Å². The number of aliphatic hydroxyl groups is 1. The highest BCUT2D eigenvalue weighted by molar-refractivity contribution is 6.03. The number of pyridine rings is 1. The van der Waals surface area contributed by atoms with Crippen LogP contribution >= 0.6 is 0 Å². The third-order valence-corrected chi connectivity index (χ3v) is 4.96. The van der Waals surface area contributed by atoms with Crippen LogP contribution in [-0.4, -0.2) is 24.6 Å². The lowest BCUT2D eigenvalue weighted by molar-refractivity contribution is 0.140. The fourth-order valence-electron chi connectivity index (χ4n) is 3.86. The SMILES string of the molecule is Nc1ncnc2c1c(-c1cnc3ccccc3c1)c1n2CCCC1O. The molecule has 6 heteroatoms. The van der Waals surface area contributed by atoms with Gasteiger partial charge in [0.2, 0.25) is 0 Å². The molecular formula is C19H17N5O. The molecule has 1 aliphatic rings. The number of aryl methyl sites for hydroxylation is 1. The van der Waals surface area contributed by atoms with Crippen molar-refractivity contribution >= 4 is 27.8 Å². The maximum Gasteiger partial charge on any atom is 0.146 e. The third kappa shape index (κ3) is 2.04. The average molecular weight is 331 g/mol. The maximum atomic E-state index is 10.7. The second-order valence-electron chi connectivity index (χ2n) is 6.44. The van der Waals surface area contributed by atoms with Crippen LogP contribution in [-0.2, 0) is 6.54 Å². The predicted molar refractivity (Wildman–Crippen MR) is 96.9 cm³/mol. The van der Waals surface area contributed by atoms with Gasteiger partial charge in [-0.15, -0.1) is 0 Å². The minimum atomic E-state index is -0.538. The molecule has 4 heterocycles. The largest absolute Gasteiger partial charge is 0.387 e. The van der Waals surface area contributed by atoms with Gasteiger partial charge in [0.25, 0.3) is 0 Å². The van der Waals surface area contributed by atoms with Crippen molar-refractivity contribution in [3.05, 3.63) is 48.5 Å². The van der Waals surface area contributed by atoms with Crippen molar-refractivity contribution in [3.63, 3.8) is 0 Å². The van der Waals surface area contributed by atoms with E-state index >= 15 is 0 Å². The summed E-state index contributed by atoms with van der Waals surface area (Å²) in [5, 5.41) is 12.5. The number of anilines is 1. The molecule has 5 rings (SSSR count). The lowest BCUT2D eigenvalue weighted by atomic mass is 9.97. The van der Waals surface area contributed by atoms with Gasteiger partial charge in [-0.1, -0.05) is 18.2 Å². The van der Waals surface area contributed by atoms with E-state index in [2.05, 4.69) is 25.6 Å². The van der Waals surface area contributed by atoms with Crippen molar-refractivity contribution in [3.8, 4) is 11.1 Å². The highest BCUT2D eigenvalue weighted by atomic mass is 16.3. The quantitative estimate of drug-likeness (QED) is 0.559. The van der Waals surface area contributed by atoms with Crippen LogP contribution in [0.25, 0.3) is 33.1 Å². The van der Waals surface area contributed by atoms with Gasteiger partial charge in [-0.2, -0.15) is 0 Å². The maximum absolute atomic E-state index is 10.7. The third-order valence-electron chi connectivity index (χ3n) is 4.96. The molecule has 1 aliphatic heterocycles. The number of rotatable bonds is 1. The van der Waals surface area contributed by atoms with Crippen LogP contribution < -0.4 is 5.73 Å². The van der Waals surface area contributed by atoms with E-state index in [1.807, 2.05) is 30.5 Å². The van der Waals surface area contributed by atoms with E-state index in [4.69, 9.17) is 5.73 Å². The smallest absolute Gasteiger partial charge is 0.146 e. The second-order valence-corrected chi connectivity index (χ2v) is 6.44. The number of nitrogens with zero attached hydrogens (tertiary/aromatic N) is 4. The molecule has 0 spiro atoms. The molecule has 0 radical (unpaired) electrons. The molecule has 0 saturated carbocycles. The van der Waals surface area contributed by atoms with Crippen LogP contribution in [0.5, 0.6) is 0 Å². The Hall–Kier alpha value is -2.99. The van der Waals surface area contributed by atoms with Crippen LogP contribution in [0.3, 0.4) is 0 Å². The molecule has 6 nitrogen and oxygen atoms in total. The zero-order valence-corrected chi connectivity index (χ0v) is 13.6. The van der Waals surface area contributed by atoms with Gasteiger partial charge in [-0.3, -0.25) is 4.98 Å². The Morgan fingerprint density at radius 1 is 1.16 bits per heavy atom. The minimum Gasteiger partial charge on any atom is -0.387 e. The molecule has 0 saturated heterocycles. The van der Waals surface area contributed by atoms with Gasteiger partial charge in [-0.05, 0) is 25.0 Å². The number of hydrogen-bond acceptors (Lipinski definition) is 5. The molecule has 0 aliphatic carbocycles. The number of nitrogen functional groups attached to an aromatic ring is 1. The van der Waals surface area contributed by atoms with Crippen molar-refractivity contribution < 1.29 is 5.11 Å². The molecule has 0 fully saturated rings. The first-order chi connectivity index (χ1) is 12.2. The summed E-state index contributed by atoms with van der Waals surface area (Å²) in [6.07, 6.45) is 4.43. The van der Waals surface area contributed by atoms with Crippen LogP contribution in [0.4, 0.5) is 5.82 Å². The molecule has 0 amide bonds. The topological polar surface area (TPSA) is 89.9 Å². The summed E-state index contributed by atoms with van der Waals surface area (Å²) in [4.78, 5) is 13.2. The minimum absolute atomic E-state index is 0.433.